The summed E-state index contributed by atoms with van der Waals surface area (Å²) in [5, 5.41) is 11.7. The van der Waals surface area contributed by atoms with Crippen LogP contribution < -0.4 is 5.32 Å². The highest BCUT2D eigenvalue weighted by molar-refractivity contribution is 5.04. The van der Waals surface area contributed by atoms with Crippen LogP contribution in [-0.4, -0.2) is 30.6 Å². The molecule has 1 aliphatic carbocycles. The normalized spacial score (nSPS) is 15.3. The van der Waals surface area contributed by atoms with Gasteiger partial charge in [0.05, 0.1) is 36.7 Å². The molecule has 0 unspecified atom stereocenters. The molecule has 0 spiro atoms. The van der Waals surface area contributed by atoms with Crippen molar-refractivity contribution in [1.29, 1.82) is 0 Å². The summed E-state index contributed by atoms with van der Waals surface area (Å²) in [5.74, 6) is 0. The maximum atomic E-state index is 4.23. The fraction of sp³-hybridized carbons (Fsp3) is 0.615. The first-order valence-corrected chi connectivity index (χ1v) is 6.85. The van der Waals surface area contributed by atoms with E-state index in [4.69, 9.17) is 0 Å². The number of nitrogens with zero attached hydrogens (tertiary/aromatic N) is 5. The van der Waals surface area contributed by atoms with Crippen LogP contribution in [0.15, 0.2) is 18.7 Å². The summed E-state index contributed by atoms with van der Waals surface area (Å²) in [7, 11) is 0. The highest BCUT2D eigenvalue weighted by Gasteiger charge is 2.25. The van der Waals surface area contributed by atoms with Crippen LogP contribution in [0.1, 0.15) is 44.1 Å². The molecule has 1 N–H and O–H groups in total. The standard InChI is InChI=1S/C13H20N6/c1-10(2)15-5-11-7-18(17-16-11)8-13-6-14-9-19(13)12-3-4-12/h6-7,9-10,12,15H,3-5,8H2,1-2H3. The van der Waals surface area contributed by atoms with Crippen molar-refractivity contribution in [2.24, 2.45) is 0 Å². The van der Waals surface area contributed by atoms with Gasteiger partial charge in [0, 0.05) is 18.6 Å². The van der Waals surface area contributed by atoms with Gasteiger partial charge in [-0.15, -0.1) is 5.10 Å². The predicted molar refractivity (Wildman–Crippen MR) is 71.6 cm³/mol. The molecule has 0 aromatic carbocycles. The van der Waals surface area contributed by atoms with E-state index >= 15 is 0 Å². The fourth-order valence-electron chi connectivity index (χ4n) is 2.11. The largest absolute Gasteiger partial charge is 0.330 e. The first-order chi connectivity index (χ1) is 9.22. The van der Waals surface area contributed by atoms with Gasteiger partial charge in [0.2, 0.25) is 0 Å². The molecule has 6 nitrogen and oxygen atoms in total. The number of rotatable bonds is 6. The number of hydrogen-bond acceptors (Lipinski definition) is 4. The Hall–Kier alpha value is -1.69. The Morgan fingerprint density at radius 3 is 3.00 bits per heavy atom. The van der Waals surface area contributed by atoms with Gasteiger partial charge in [0.25, 0.3) is 0 Å². The number of imidazole rings is 1. The van der Waals surface area contributed by atoms with Crippen LogP contribution in [0.25, 0.3) is 0 Å². The van der Waals surface area contributed by atoms with E-state index in [9.17, 15) is 0 Å². The molecule has 1 fully saturated rings. The molecular weight excluding hydrogens is 240 g/mol. The Morgan fingerprint density at radius 2 is 2.26 bits per heavy atom. The fourth-order valence-corrected chi connectivity index (χ4v) is 2.11. The van der Waals surface area contributed by atoms with E-state index < -0.39 is 0 Å². The van der Waals surface area contributed by atoms with Crippen molar-refractivity contribution >= 4 is 0 Å². The van der Waals surface area contributed by atoms with Crippen molar-refractivity contribution in [3.63, 3.8) is 0 Å². The zero-order valence-electron chi connectivity index (χ0n) is 11.5. The molecule has 2 aromatic heterocycles. The van der Waals surface area contributed by atoms with Crippen molar-refractivity contribution in [3.05, 3.63) is 30.1 Å². The van der Waals surface area contributed by atoms with Crippen LogP contribution in [0.2, 0.25) is 0 Å². The van der Waals surface area contributed by atoms with E-state index in [0.717, 1.165) is 18.8 Å². The maximum absolute atomic E-state index is 4.23. The Labute approximate surface area is 112 Å². The van der Waals surface area contributed by atoms with Gasteiger partial charge in [0.1, 0.15) is 0 Å². The van der Waals surface area contributed by atoms with Gasteiger partial charge in [-0.1, -0.05) is 19.1 Å². The lowest BCUT2D eigenvalue weighted by Crippen LogP contribution is -2.21. The van der Waals surface area contributed by atoms with Crippen molar-refractivity contribution in [3.8, 4) is 0 Å². The van der Waals surface area contributed by atoms with Crippen molar-refractivity contribution in [2.45, 2.75) is 51.9 Å². The summed E-state index contributed by atoms with van der Waals surface area (Å²) in [4.78, 5) is 4.23. The molecule has 0 radical (unpaired) electrons. The van der Waals surface area contributed by atoms with Crippen LogP contribution in [0.5, 0.6) is 0 Å². The molecular formula is C13H20N6. The molecule has 0 aliphatic heterocycles. The lowest BCUT2D eigenvalue weighted by Gasteiger charge is -2.06. The van der Waals surface area contributed by atoms with E-state index in [1.165, 1.54) is 18.5 Å². The second kappa shape index (κ2) is 5.13. The van der Waals surface area contributed by atoms with E-state index in [0.29, 0.717) is 12.1 Å². The summed E-state index contributed by atoms with van der Waals surface area (Å²) in [5.41, 5.74) is 2.18. The molecule has 3 rings (SSSR count). The van der Waals surface area contributed by atoms with Gasteiger partial charge in [-0.3, -0.25) is 0 Å². The second-order valence-electron chi connectivity index (χ2n) is 5.47. The predicted octanol–water partition coefficient (Wildman–Crippen LogP) is 1.36. The minimum absolute atomic E-state index is 0.460. The van der Waals surface area contributed by atoms with E-state index in [1.54, 1.807) is 0 Å². The lowest BCUT2D eigenvalue weighted by molar-refractivity contribution is 0.580. The monoisotopic (exact) mass is 260 g/mol. The van der Waals surface area contributed by atoms with Gasteiger partial charge in [-0.25, -0.2) is 9.67 Å². The van der Waals surface area contributed by atoms with E-state index in [2.05, 4.69) is 39.0 Å². The van der Waals surface area contributed by atoms with Gasteiger partial charge in [-0.05, 0) is 12.8 Å². The van der Waals surface area contributed by atoms with Crippen LogP contribution in [0, 0.1) is 0 Å². The Bertz CT molecular complexity index is 537. The third kappa shape index (κ3) is 3.01. The highest BCUT2D eigenvalue weighted by Crippen LogP contribution is 2.35. The summed E-state index contributed by atoms with van der Waals surface area (Å²) < 4.78 is 4.14. The summed E-state index contributed by atoms with van der Waals surface area (Å²) in [6.07, 6.45) is 8.38. The second-order valence-corrected chi connectivity index (χ2v) is 5.47. The first kappa shape index (κ1) is 12.3. The molecule has 2 heterocycles. The topological polar surface area (TPSA) is 60.6 Å². The van der Waals surface area contributed by atoms with Crippen molar-refractivity contribution in [1.82, 2.24) is 29.9 Å². The van der Waals surface area contributed by atoms with Crippen molar-refractivity contribution < 1.29 is 0 Å². The molecule has 2 aromatic rings. The van der Waals surface area contributed by atoms with E-state index in [-0.39, 0.29) is 0 Å². The minimum Gasteiger partial charge on any atom is -0.330 e. The van der Waals surface area contributed by atoms with Gasteiger partial charge >= 0.3 is 0 Å². The van der Waals surface area contributed by atoms with Gasteiger partial charge < -0.3 is 9.88 Å². The first-order valence-electron chi connectivity index (χ1n) is 6.85. The third-order valence-electron chi connectivity index (χ3n) is 3.29. The van der Waals surface area contributed by atoms with Gasteiger partial charge in [0.15, 0.2) is 0 Å². The average Bonchev–Trinajstić information content (AvgIpc) is 2.95. The smallest absolute Gasteiger partial charge is 0.0965 e. The molecule has 1 aliphatic rings. The highest BCUT2D eigenvalue weighted by atomic mass is 15.4. The Balaban J connectivity index is 1.64. The SMILES string of the molecule is CC(C)NCc1cn(Cc2cncn2C2CC2)nn1. The van der Waals surface area contributed by atoms with Gasteiger partial charge in [-0.2, -0.15) is 0 Å². The molecule has 102 valence electrons. The van der Waals surface area contributed by atoms with Crippen molar-refractivity contribution in [2.75, 3.05) is 0 Å². The maximum Gasteiger partial charge on any atom is 0.0965 e. The molecule has 0 amide bonds. The summed E-state index contributed by atoms with van der Waals surface area (Å²) in [6, 6.07) is 1.12. The third-order valence-corrected chi connectivity index (χ3v) is 3.29. The molecule has 0 bridgehead atoms. The van der Waals surface area contributed by atoms with Crippen LogP contribution in [-0.2, 0) is 13.1 Å². The number of aromatic nitrogens is 5. The lowest BCUT2D eigenvalue weighted by atomic mass is 10.3. The zero-order valence-corrected chi connectivity index (χ0v) is 11.5. The molecule has 19 heavy (non-hydrogen) atoms. The Kier molecular flexibility index (Phi) is 3.33. The number of hydrogen-bond donors (Lipinski definition) is 1. The summed E-state index contributed by atoms with van der Waals surface area (Å²) in [6.45, 7) is 5.75. The summed E-state index contributed by atoms with van der Waals surface area (Å²) >= 11 is 0. The number of nitrogens with one attached hydrogen (secondary N) is 1. The Morgan fingerprint density at radius 1 is 1.42 bits per heavy atom. The average molecular weight is 260 g/mol. The quantitative estimate of drug-likeness (QED) is 0.852. The molecule has 0 atom stereocenters. The van der Waals surface area contributed by atoms with Crippen LogP contribution >= 0.6 is 0 Å². The van der Waals surface area contributed by atoms with Crippen LogP contribution in [0.3, 0.4) is 0 Å². The molecule has 0 saturated heterocycles. The molecule has 1 saturated carbocycles. The van der Waals surface area contributed by atoms with E-state index in [1.807, 2.05) is 23.4 Å². The zero-order chi connectivity index (χ0) is 13.2. The van der Waals surface area contributed by atoms with Crippen LogP contribution in [0.4, 0.5) is 0 Å². The minimum atomic E-state index is 0.460. The molecule has 6 heteroatoms.